The van der Waals surface area contributed by atoms with E-state index in [-0.39, 0.29) is 0 Å². The molecular weight excluding hydrogens is 362 g/mol. The monoisotopic (exact) mass is 385 g/mol. The maximum atomic E-state index is 6.58. The first-order valence-corrected chi connectivity index (χ1v) is 12.3. The standard InChI is InChI=1S/C25H23NOS/c1-28(2,3)22-16-17-10-7-8-13-19(17)23-20-14-9-15-21(24(20)27-25(22)23)26-18-11-5-4-6-12-18/h4-16,26H,1-3H3. The van der Waals surface area contributed by atoms with Gasteiger partial charge in [0, 0.05) is 21.4 Å². The summed E-state index contributed by atoms with van der Waals surface area (Å²) in [6.45, 7) is 0. The minimum atomic E-state index is -0.954. The Balaban J connectivity index is 1.87. The Kier molecular flexibility index (Phi) is 3.88. The van der Waals surface area contributed by atoms with Crippen molar-refractivity contribution in [3.63, 3.8) is 0 Å². The van der Waals surface area contributed by atoms with E-state index in [2.05, 4.69) is 84.7 Å². The van der Waals surface area contributed by atoms with E-state index in [1.807, 2.05) is 18.2 Å². The molecule has 0 spiro atoms. The van der Waals surface area contributed by atoms with E-state index in [1.165, 1.54) is 21.1 Å². The molecular formula is C25H23NOS. The molecule has 28 heavy (non-hydrogen) atoms. The molecule has 3 heteroatoms. The zero-order valence-electron chi connectivity index (χ0n) is 16.3. The Morgan fingerprint density at radius 3 is 2.21 bits per heavy atom. The van der Waals surface area contributed by atoms with Crippen LogP contribution in [0.1, 0.15) is 0 Å². The summed E-state index contributed by atoms with van der Waals surface area (Å²) in [6.07, 6.45) is 6.98. The fourth-order valence-corrected chi connectivity index (χ4v) is 5.03. The molecule has 0 aliphatic heterocycles. The van der Waals surface area contributed by atoms with E-state index in [4.69, 9.17) is 4.42 Å². The lowest BCUT2D eigenvalue weighted by Crippen LogP contribution is -1.94. The summed E-state index contributed by atoms with van der Waals surface area (Å²) in [5.74, 6) is 0. The molecule has 0 radical (unpaired) electrons. The third kappa shape index (κ3) is 2.74. The smallest absolute Gasteiger partial charge is 0.158 e. The molecule has 0 saturated carbocycles. The topological polar surface area (TPSA) is 25.2 Å². The number of para-hydroxylation sites is 2. The molecule has 0 unspecified atom stereocenters. The van der Waals surface area contributed by atoms with Crippen LogP contribution in [0.25, 0.3) is 32.7 Å². The van der Waals surface area contributed by atoms with E-state index in [0.29, 0.717) is 0 Å². The second-order valence-electron chi connectivity index (χ2n) is 7.91. The Bertz CT molecular complexity index is 1310. The van der Waals surface area contributed by atoms with Crippen molar-refractivity contribution in [2.75, 3.05) is 24.1 Å². The molecule has 140 valence electrons. The largest absolute Gasteiger partial charge is 0.453 e. The highest BCUT2D eigenvalue weighted by Gasteiger charge is 2.21. The van der Waals surface area contributed by atoms with Crippen molar-refractivity contribution in [2.24, 2.45) is 0 Å². The number of hydrogen-bond acceptors (Lipinski definition) is 2. The van der Waals surface area contributed by atoms with Crippen molar-refractivity contribution in [1.82, 2.24) is 0 Å². The van der Waals surface area contributed by atoms with Gasteiger partial charge < -0.3 is 9.73 Å². The van der Waals surface area contributed by atoms with Crippen molar-refractivity contribution in [3.05, 3.63) is 78.9 Å². The van der Waals surface area contributed by atoms with Crippen molar-refractivity contribution < 1.29 is 4.42 Å². The summed E-state index contributed by atoms with van der Waals surface area (Å²) in [6, 6.07) is 27.5. The third-order valence-corrected chi connectivity index (χ3v) is 6.79. The van der Waals surface area contributed by atoms with Crippen LogP contribution in [0.4, 0.5) is 11.4 Å². The summed E-state index contributed by atoms with van der Waals surface area (Å²) >= 11 is 0. The average Bonchev–Trinajstić information content (AvgIpc) is 3.08. The molecule has 5 rings (SSSR count). The number of fused-ring (bicyclic) bond motifs is 5. The lowest BCUT2D eigenvalue weighted by molar-refractivity contribution is 0.661. The molecule has 0 aliphatic carbocycles. The molecule has 1 aromatic heterocycles. The van der Waals surface area contributed by atoms with Crippen molar-refractivity contribution in [3.8, 4) is 0 Å². The third-order valence-electron chi connectivity index (χ3n) is 5.17. The second-order valence-corrected chi connectivity index (χ2v) is 12.0. The number of hydrogen-bond donors (Lipinski definition) is 1. The first-order valence-electron chi connectivity index (χ1n) is 9.40. The van der Waals surface area contributed by atoms with E-state index in [0.717, 1.165) is 27.9 Å². The van der Waals surface area contributed by atoms with Gasteiger partial charge in [0.15, 0.2) is 5.58 Å². The summed E-state index contributed by atoms with van der Waals surface area (Å²) in [5.41, 5.74) is 4.00. The van der Waals surface area contributed by atoms with E-state index in [1.54, 1.807) is 0 Å². The van der Waals surface area contributed by atoms with E-state index < -0.39 is 10.0 Å². The van der Waals surface area contributed by atoms with Gasteiger partial charge in [-0.1, -0.05) is 54.6 Å². The number of benzene rings is 4. The van der Waals surface area contributed by atoms with Gasteiger partial charge in [-0.25, -0.2) is 10.0 Å². The number of anilines is 2. The van der Waals surface area contributed by atoms with Crippen LogP contribution in [0.5, 0.6) is 0 Å². The van der Waals surface area contributed by atoms with Crippen LogP contribution < -0.4 is 5.32 Å². The molecule has 1 N–H and O–H groups in total. The van der Waals surface area contributed by atoms with Gasteiger partial charge in [0.1, 0.15) is 5.58 Å². The quantitative estimate of drug-likeness (QED) is 0.347. The number of furan rings is 1. The maximum absolute atomic E-state index is 6.58. The normalized spacial score (nSPS) is 12.7. The molecule has 5 aromatic rings. The van der Waals surface area contributed by atoms with E-state index >= 15 is 0 Å². The first kappa shape index (κ1) is 17.2. The second kappa shape index (κ2) is 6.32. The summed E-state index contributed by atoms with van der Waals surface area (Å²) < 4.78 is 6.58. The van der Waals surface area contributed by atoms with Gasteiger partial charge in [0.2, 0.25) is 0 Å². The highest BCUT2D eigenvalue weighted by molar-refractivity contribution is 8.32. The van der Waals surface area contributed by atoms with Gasteiger partial charge in [-0.2, -0.15) is 0 Å². The van der Waals surface area contributed by atoms with Gasteiger partial charge in [0.25, 0.3) is 0 Å². The molecule has 0 atom stereocenters. The lowest BCUT2D eigenvalue weighted by atomic mass is 10.0. The van der Waals surface area contributed by atoms with Gasteiger partial charge in [-0.05, 0) is 53.8 Å². The van der Waals surface area contributed by atoms with E-state index in [9.17, 15) is 0 Å². The minimum absolute atomic E-state index is 0.919. The zero-order chi connectivity index (χ0) is 19.3. The minimum Gasteiger partial charge on any atom is -0.453 e. The Morgan fingerprint density at radius 2 is 1.43 bits per heavy atom. The van der Waals surface area contributed by atoms with Crippen LogP contribution in [-0.2, 0) is 0 Å². The SMILES string of the molecule is CS(C)(C)c1cc2ccccc2c2c1oc1c(Nc3ccccc3)cccc12. The average molecular weight is 386 g/mol. The number of nitrogens with one attached hydrogen (secondary N) is 1. The zero-order valence-corrected chi connectivity index (χ0v) is 17.1. The predicted octanol–water partition coefficient (Wildman–Crippen LogP) is 7.54. The molecule has 0 bridgehead atoms. The summed E-state index contributed by atoms with van der Waals surface area (Å²) in [7, 11) is -0.954. The summed E-state index contributed by atoms with van der Waals surface area (Å²) in [4.78, 5) is 1.32. The first-order chi connectivity index (χ1) is 13.5. The van der Waals surface area contributed by atoms with Crippen LogP contribution >= 0.6 is 10.0 Å². The fraction of sp³-hybridized carbons (Fsp3) is 0.120. The van der Waals surface area contributed by atoms with Gasteiger partial charge in [-0.3, -0.25) is 0 Å². The Morgan fingerprint density at radius 1 is 0.714 bits per heavy atom. The summed E-state index contributed by atoms with van der Waals surface area (Å²) in [5, 5.41) is 8.44. The number of rotatable bonds is 3. The molecule has 0 aliphatic rings. The Hall–Kier alpha value is -2.91. The Labute approximate surface area is 166 Å². The van der Waals surface area contributed by atoms with Gasteiger partial charge in [-0.15, -0.1) is 0 Å². The van der Waals surface area contributed by atoms with Crippen molar-refractivity contribution >= 4 is 54.1 Å². The molecule has 2 nitrogen and oxygen atoms in total. The highest BCUT2D eigenvalue weighted by atomic mass is 32.3. The van der Waals surface area contributed by atoms with Crippen LogP contribution in [0.15, 0.2) is 88.2 Å². The van der Waals surface area contributed by atoms with Gasteiger partial charge >= 0.3 is 0 Å². The van der Waals surface area contributed by atoms with Crippen LogP contribution in [0, 0.1) is 0 Å². The van der Waals surface area contributed by atoms with Crippen LogP contribution in [0.3, 0.4) is 0 Å². The van der Waals surface area contributed by atoms with Crippen LogP contribution in [-0.4, -0.2) is 18.8 Å². The van der Waals surface area contributed by atoms with Crippen LogP contribution in [0.2, 0.25) is 0 Å². The molecule has 0 saturated heterocycles. The van der Waals surface area contributed by atoms with Crippen molar-refractivity contribution in [2.45, 2.75) is 4.90 Å². The lowest BCUT2D eigenvalue weighted by Gasteiger charge is -2.26. The molecule has 1 heterocycles. The van der Waals surface area contributed by atoms with Gasteiger partial charge in [0.05, 0.1) is 5.69 Å². The molecule has 0 amide bonds. The predicted molar refractivity (Wildman–Crippen MR) is 125 cm³/mol. The molecule has 0 fully saturated rings. The fourth-order valence-electron chi connectivity index (χ4n) is 3.85. The highest BCUT2D eigenvalue weighted by Crippen LogP contribution is 2.52. The van der Waals surface area contributed by atoms with Crippen molar-refractivity contribution in [1.29, 1.82) is 0 Å². The maximum Gasteiger partial charge on any atom is 0.158 e. The molecule has 4 aromatic carbocycles.